The highest BCUT2D eigenvalue weighted by Gasteiger charge is 2.26. The Labute approximate surface area is 104 Å². The second kappa shape index (κ2) is 6.40. The van der Waals surface area contributed by atoms with Crippen LogP contribution in [0, 0.1) is 0 Å². The Bertz CT molecular complexity index is 333. The molecule has 0 aliphatic rings. The third-order valence-corrected chi connectivity index (χ3v) is 4.02. The molecule has 1 aromatic heterocycles. The number of rotatable bonds is 6. The minimum Gasteiger partial charge on any atom is -0.312 e. The molecule has 17 heavy (non-hydrogen) atoms. The van der Waals surface area contributed by atoms with Crippen LogP contribution in [0.4, 0.5) is 13.2 Å². The highest BCUT2D eigenvalue weighted by Crippen LogP contribution is 2.29. The fraction of sp³-hybridized carbons (Fsp3) is 0.667. The van der Waals surface area contributed by atoms with E-state index in [9.17, 15) is 13.2 Å². The number of hydrogen-bond donors (Lipinski definition) is 1. The van der Waals surface area contributed by atoms with E-state index in [1.54, 1.807) is 18.4 Å². The number of nitrogens with one attached hydrogen (secondary N) is 1. The summed E-state index contributed by atoms with van der Waals surface area (Å²) in [5.74, 6) is 0. The Kier molecular flexibility index (Phi) is 5.46. The molecule has 0 radical (unpaired) electrons. The van der Waals surface area contributed by atoms with Gasteiger partial charge in [0.05, 0.1) is 0 Å². The summed E-state index contributed by atoms with van der Waals surface area (Å²) >= 11 is 1.68. The van der Waals surface area contributed by atoms with E-state index in [1.807, 2.05) is 12.1 Å². The molecule has 0 amide bonds. The maximum Gasteiger partial charge on any atom is 0.389 e. The second-order valence-corrected chi connectivity index (χ2v) is 5.21. The van der Waals surface area contributed by atoms with Crippen molar-refractivity contribution in [1.29, 1.82) is 0 Å². The predicted octanol–water partition coefficient (Wildman–Crippen LogP) is 4.30. The molecule has 1 atom stereocenters. The van der Waals surface area contributed by atoms with Gasteiger partial charge in [0.15, 0.2) is 0 Å². The molecule has 1 unspecified atom stereocenters. The van der Waals surface area contributed by atoms with Crippen molar-refractivity contribution in [3.63, 3.8) is 0 Å². The number of hydrogen-bond acceptors (Lipinski definition) is 2. The second-order valence-electron chi connectivity index (χ2n) is 4.01. The van der Waals surface area contributed by atoms with Crippen LogP contribution in [0.1, 0.15) is 42.0 Å². The summed E-state index contributed by atoms with van der Waals surface area (Å²) in [6.07, 6.45) is -3.06. The fourth-order valence-corrected chi connectivity index (χ4v) is 2.80. The Hall–Kier alpha value is -0.550. The number of thiophene rings is 1. The zero-order chi connectivity index (χ0) is 12.9. The van der Waals surface area contributed by atoms with E-state index < -0.39 is 12.6 Å². The van der Waals surface area contributed by atoms with Crippen molar-refractivity contribution in [2.24, 2.45) is 0 Å². The largest absolute Gasteiger partial charge is 0.389 e. The predicted molar refractivity (Wildman–Crippen MR) is 65.4 cm³/mol. The molecule has 1 aromatic rings. The lowest BCUT2D eigenvalue weighted by atomic mass is 10.1. The van der Waals surface area contributed by atoms with E-state index >= 15 is 0 Å². The first kappa shape index (κ1) is 14.5. The van der Waals surface area contributed by atoms with Gasteiger partial charge in [-0.25, -0.2) is 0 Å². The molecule has 0 aliphatic heterocycles. The van der Waals surface area contributed by atoms with Crippen molar-refractivity contribution in [2.45, 2.75) is 44.8 Å². The van der Waals surface area contributed by atoms with Crippen LogP contribution in [0.15, 0.2) is 12.1 Å². The van der Waals surface area contributed by atoms with Crippen LogP contribution in [-0.2, 0) is 6.42 Å². The monoisotopic (exact) mass is 265 g/mol. The average molecular weight is 265 g/mol. The molecule has 0 saturated carbocycles. The van der Waals surface area contributed by atoms with Gasteiger partial charge < -0.3 is 5.32 Å². The lowest BCUT2D eigenvalue weighted by Crippen LogP contribution is -2.16. The molecule has 98 valence electrons. The Morgan fingerprint density at radius 2 is 2.06 bits per heavy atom. The molecular weight excluding hydrogens is 247 g/mol. The van der Waals surface area contributed by atoms with Crippen molar-refractivity contribution < 1.29 is 13.2 Å². The highest BCUT2D eigenvalue weighted by atomic mass is 32.1. The molecule has 0 fully saturated rings. The minimum atomic E-state index is -4.04. The van der Waals surface area contributed by atoms with Crippen molar-refractivity contribution in [3.05, 3.63) is 21.9 Å². The Balaban J connectivity index is 2.48. The molecule has 0 spiro atoms. The van der Waals surface area contributed by atoms with Gasteiger partial charge in [0, 0.05) is 22.2 Å². The van der Waals surface area contributed by atoms with Gasteiger partial charge in [-0.1, -0.05) is 6.92 Å². The van der Waals surface area contributed by atoms with Crippen LogP contribution in [0.3, 0.4) is 0 Å². The summed E-state index contributed by atoms with van der Waals surface area (Å²) < 4.78 is 36.2. The van der Waals surface area contributed by atoms with E-state index in [4.69, 9.17) is 0 Å². The first-order valence-corrected chi connectivity index (χ1v) is 6.60. The third-order valence-electron chi connectivity index (χ3n) is 2.68. The standard InChI is InChI=1S/C12H18F3NS/c1-3-9-6-7-11(17-9)10(16-2)5-4-8-12(13,14)15/h6-7,10,16H,3-5,8H2,1-2H3. The van der Waals surface area contributed by atoms with E-state index in [2.05, 4.69) is 12.2 Å². The molecule has 5 heteroatoms. The molecule has 0 bridgehead atoms. The molecule has 0 aliphatic carbocycles. The lowest BCUT2D eigenvalue weighted by molar-refractivity contribution is -0.135. The topological polar surface area (TPSA) is 12.0 Å². The number of aryl methyl sites for hydroxylation is 1. The van der Waals surface area contributed by atoms with Gasteiger partial charge >= 0.3 is 6.18 Å². The van der Waals surface area contributed by atoms with Gasteiger partial charge in [0.25, 0.3) is 0 Å². The molecule has 1 nitrogen and oxygen atoms in total. The zero-order valence-corrected chi connectivity index (χ0v) is 10.9. The van der Waals surface area contributed by atoms with Crippen LogP contribution in [0.5, 0.6) is 0 Å². The van der Waals surface area contributed by atoms with Crippen molar-refractivity contribution in [3.8, 4) is 0 Å². The maximum atomic E-state index is 12.1. The molecular formula is C12H18F3NS. The summed E-state index contributed by atoms with van der Waals surface area (Å²) in [6.45, 7) is 2.08. The highest BCUT2D eigenvalue weighted by molar-refractivity contribution is 7.12. The minimum absolute atomic E-state index is 0.0441. The van der Waals surface area contributed by atoms with Crippen LogP contribution in [0.2, 0.25) is 0 Å². The Morgan fingerprint density at radius 3 is 2.53 bits per heavy atom. The summed E-state index contributed by atoms with van der Waals surface area (Å²) in [7, 11) is 1.80. The van der Waals surface area contributed by atoms with E-state index in [-0.39, 0.29) is 12.5 Å². The van der Waals surface area contributed by atoms with Crippen LogP contribution in [0.25, 0.3) is 0 Å². The molecule has 0 aromatic carbocycles. The van der Waals surface area contributed by atoms with Gasteiger partial charge in [0.2, 0.25) is 0 Å². The fourth-order valence-electron chi connectivity index (χ4n) is 1.71. The van der Waals surface area contributed by atoms with Crippen molar-refractivity contribution in [1.82, 2.24) is 5.32 Å². The van der Waals surface area contributed by atoms with Crippen LogP contribution >= 0.6 is 11.3 Å². The van der Waals surface area contributed by atoms with Gasteiger partial charge in [-0.15, -0.1) is 11.3 Å². The number of halogens is 3. The van der Waals surface area contributed by atoms with E-state index in [1.165, 1.54) is 4.88 Å². The summed E-state index contributed by atoms with van der Waals surface area (Å²) in [5, 5.41) is 3.09. The zero-order valence-electron chi connectivity index (χ0n) is 10.1. The molecule has 1 heterocycles. The van der Waals surface area contributed by atoms with Gasteiger partial charge in [-0.05, 0) is 38.4 Å². The SMILES string of the molecule is CCc1ccc(C(CCCC(F)(F)F)NC)s1. The van der Waals surface area contributed by atoms with Gasteiger partial charge in [0.1, 0.15) is 0 Å². The first-order valence-electron chi connectivity index (χ1n) is 5.79. The summed E-state index contributed by atoms with van der Waals surface area (Å²) in [5.41, 5.74) is 0. The van der Waals surface area contributed by atoms with Gasteiger partial charge in [-0.3, -0.25) is 0 Å². The molecule has 1 N–H and O–H groups in total. The number of alkyl halides is 3. The summed E-state index contributed by atoms with van der Waals surface area (Å²) in [4.78, 5) is 2.41. The smallest absolute Gasteiger partial charge is 0.312 e. The Morgan fingerprint density at radius 1 is 1.35 bits per heavy atom. The maximum absolute atomic E-state index is 12.1. The van der Waals surface area contributed by atoms with E-state index in [0.717, 1.165) is 11.3 Å². The normalized spacial score (nSPS) is 13.9. The first-order chi connectivity index (χ1) is 7.96. The lowest BCUT2D eigenvalue weighted by Gasteiger charge is -2.15. The van der Waals surface area contributed by atoms with Crippen LogP contribution in [-0.4, -0.2) is 13.2 Å². The van der Waals surface area contributed by atoms with Crippen molar-refractivity contribution >= 4 is 11.3 Å². The average Bonchev–Trinajstić information content (AvgIpc) is 2.71. The van der Waals surface area contributed by atoms with E-state index in [0.29, 0.717) is 6.42 Å². The van der Waals surface area contributed by atoms with Crippen LogP contribution < -0.4 is 5.32 Å². The quantitative estimate of drug-likeness (QED) is 0.808. The summed E-state index contributed by atoms with van der Waals surface area (Å²) in [6, 6.07) is 4.11. The molecule has 0 saturated heterocycles. The molecule has 1 rings (SSSR count). The van der Waals surface area contributed by atoms with Crippen molar-refractivity contribution in [2.75, 3.05) is 7.05 Å². The van der Waals surface area contributed by atoms with Gasteiger partial charge in [-0.2, -0.15) is 13.2 Å². The third kappa shape index (κ3) is 5.08.